The van der Waals surface area contributed by atoms with E-state index in [-0.39, 0.29) is 23.4 Å². The first-order chi connectivity index (χ1) is 13.5. The van der Waals surface area contributed by atoms with Crippen LogP contribution in [0, 0.1) is 0 Å². The van der Waals surface area contributed by atoms with E-state index < -0.39 is 12.0 Å². The number of carbonyl (C=O) groups excluding carboxylic acids is 1. The molecule has 0 aliphatic carbocycles. The van der Waals surface area contributed by atoms with Gasteiger partial charge in [-0.15, -0.1) is 13.2 Å². The van der Waals surface area contributed by atoms with E-state index in [4.69, 9.17) is 4.74 Å². The summed E-state index contributed by atoms with van der Waals surface area (Å²) in [5.41, 5.74) is 0.130. The molecule has 0 saturated carbocycles. The smallest absolute Gasteiger partial charge is 0.444 e. The van der Waals surface area contributed by atoms with Gasteiger partial charge in [-0.05, 0) is 51.8 Å². The Kier molecular flexibility index (Phi) is 5.77. The molecule has 158 valence electrons. The lowest BCUT2D eigenvalue weighted by molar-refractivity contribution is -0.274. The largest absolute Gasteiger partial charge is 0.573 e. The Labute approximate surface area is 167 Å². The van der Waals surface area contributed by atoms with E-state index in [1.807, 2.05) is 20.8 Å². The number of amides is 1. The average Bonchev–Trinajstić information content (AvgIpc) is 3.09. The second-order valence-corrected chi connectivity index (χ2v) is 7.92. The van der Waals surface area contributed by atoms with Crippen molar-refractivity contribution in [2.75, 3.05) is 13.1 Å². The Balaban J connectivity index is 1.67. The molecule has 3 rings (SSSR count). The molecule has 1 aliphatic heterocycles. The van der Waals surface area contributed by atoms with Crippen molar-refractivity contribution in [3.8, 4) is 17.0 Å². The van der Waals surface area contributed by atoms with Crippen molar-refractivity contribution < 1.29 is 27.4 Å². The Bertz CT molecular complexity index is 850. The quantitative estimate of drug-likeness (QED) is 0.712. The van der Waals surface area contributed by atoms with E-state index in [1.54, 1.807) is 34.0 Å². The number of ether oxygens (including phenoxy) is 2. The van der Waals surface area contributed by atoms with Gasteiger partial charge in [0.25, 0.3) is 0 Å². The van der Waals surface area contributed by atoms with Crippen LogP contribution in [0.1, 0.15) is 39.7 Å². The SMILES string of the molecule is CC(C)(C)OC(=O)N1CCC(n2ccc(-c3ccccc3OC(F)(F)F)n2)CC1. The lowest BCUT2D eigenvalue weighted by atomic mass is 10.1. The molecule has 1 saturated heterocycles. The topological polar surface area (TPSA) is 56.6 Å². The second-order valence-electron chi connectivity index (χ2n) is 7.92. The molecule has 0 bridgehead atoms. The van der Waals surface area contributed by atoms with Crippen LogP contribution in [0.2, 0.25) is 0 Å². The molecule has 29 heavy (non-hydrogen) atoms. The van der Waals surface area contributed by atoms with Crippen molar-refractivity contribution in [1.29, 1.82) is 0 Å². The van der Waals surface area contributed by atoms with Crippen molar-refractivity contribution in [2.24, 2.45) is 0 Å². The van der Waals surface area contributed by atoms with Gasteiger partial charge in [0.2, 0.25) is 0 Å². The van der Waals surface area contributed by atoms with Crippen molar-refractivity contribution in [1.82, 2.24) is 14.7 Å². The minimum absolute atomic E-state index is 0.0538. The third-order valence-electron chi connectivity index (χ3n) is 4.49. The summed E-state index contributed by atoms with van der Waals surface area (Å²) in [5.74, 6) is -0.287. The number of benzene rings is 1. The molecule has 9 heteroatoms. The molecular formula is C20H24F3N3O3. The van der Waals surface area contributed by atoms with Gasteiger partial charge in [0.1, 0.15) is 11.4 Å². The van der Waals surface area contributed by atoms with Crippen LogP contribution in [0.3, 0.4) is 0 Å². The van der Waals surface area contributed by atoms with Crippen LogP contribution >= 0.6 is 0 Å². The number of nitrogens with zero attached hydrogens (tertiary/aromatic N) is 3. The first kappa shape index (κ1) is 21.0. The minimum atomic E-state index is -4.77. The number of likely N-dealkylation sites (tertiary alicyclic amines) is 1. The number of para-hydroxylation sites is 1. The molecule has 0 unspecified atom stereocenters. The van der Waals surface area contributed by atoms with Crippen molar-refractivity contribution in [2.45, 2.75) is 51.6 Å². The third kappa shape index (κ3) is 5.65. The number of halogens is 3. The first-order valence-electron chi connectivity index (χ1n) is 9.40. The predicted molar refractivity (Wildman–Crippen MR) is 100 cm³/mol. The molecule has 2 aromatic rings. The molecule has 1 fully saturated rings. The molecule has 1 amide bonds. The van der Waals surface area contributed by atoms with E-state index in [2.05, 4.69) is 9.84 Å². The summed E-state index contributed by atoms with van der Waals surface area (Å²) in [4.78, 5) is 13.8. The number of hydrogen-bond donors (Lipinski definition) is 0. The fraction of sp³-hybridized carbons (Fsp3) is 0.500. The van der Waals surface area contributed by atoms with Gasteiger partial charge in [-0.2, -0.15) is 5.10 Å². The van der Waals surface area contributed by atoms with Gasteiger partial charge in [0.05, 0.1) is 11.7 Å². The van der Waals surface area contributed by atoms with Gasteiger partial charge in [-0.25, -0.2) is 4.79 Å². The van der Waals surface area contributed by atoms with Gasteiger partial charge in [-0.3, -0.25) is 4.68 Å². The standard InChI is InChI=1S/C20H24F3N3O3/c1-19(2,3)29-18(27)25-11-8-14(9-12-25)26-13-10-16(24-26)15-6-4-5-7-17(15)28-20(21,22)23/h4-7,10,13-14H,8-9,11-12H2,1-3H3. The average molecular weight is 411 g/mol. The van der Waals surface area contributed by atoms with Crippen LogP contribution in [-0.4, -0.2) is 45.8 Å². The van der Waals surface area contributed by atoms with Crippen LogP contribution in [0.4, 0.5) is 18.0 Å². The molecule has 1 aromatic heterocycles. The summed E-state index contributed by atoms with van der Waals surface area (Å²) >= 11 is 0. The lowest BCUT2D eigenvalue weighted by Gasteiger charge is -2.33. The molecule has 0 radical (unpaired) electrons. The predicted octanol–water partition coefficient (Wildman–Crippen LogP) is 5.02. The van der Waals surface area contributed by atoms with Crippen LogP contribution < -0.4 is 4.74 Å². The molecular weight excluding hydrogens is 387 g/mol. The number of carbonyl (C=O) groups is 1. The normalized spacial score (nSPS) is 16.0. The van der Waals surface area contributed by atoms with E-state index >= 15 is 0 Å². The summed E-state index contributed by atoms with van der Waals surface area (Å²) in [7, 11) is 0. The zero-order chi connectivity index (χ0) is 21.2. The van der Waals surface area contributed by atoms with Gasteiger partial charge >= 0.3 is 12.5 Å². The van der Waals surface area contributed by atoms with E-state index in [0.29, 0.717) is 31.6 Å². The first-order valence-corrected chi connectivity index (χ1v) is 9.40. The van der Waals surface area contributed by atoms with Crippen LogP contribution in [0.25, 0.3) is 11.3 Å². The van der Waals surface area contributed by atoms with Crippen molar-refractivity contribution in [3.63, 3.8) is 0 Å². The highest BCUT2D eigenvalue weighted by Crippen LogP contribution is 2.33. The van der Waals surface area contributed by atoms with E-state index in [9.17, 15) is 18.0 Å². The summed E-state index contributed by atoms with van der Waals surface area (Å²) in [5, 5.41) is 4.46. The highest BCUT2D eigenvalue weighted by molar-refractivity contribution is 5.68. The Hall–Kier alpha value is -2.71. The van der Waals surface area contributed by atoms with Crippen LogP contribution in [-0.2, 0) is 4.74 Å². The number of alkyl halides is 3. The molecule has 6 nitrogen and oxygen atoms in total. The summed E-state index contributed by atoms with van der Waals surface area (Å²) in [6, 6.07) is 7.64. The molecule has 1 aromatic carbocycles. The van der Waals surface area contributed by atoms with Gasteiger partial charge in [0, 0.05) is 24.8 Å². The van der Waals surface area contributed by atoms with Gasteiger partial charge in [-0.1, -0.05) is 12.1 Å². The fourth-order valence-electron chi connectivity index (χ4n) is 3.22. The Morgan fingerprint density at radius 2 is 1.76 bits per heavy atom. The number of rotatable bonds is 3. The summed E-state index contributed by atoms with van der Waals surface area (Å²) in [6.45, 7) is 6.53. The zero-order valence-electron chi connectivity index (χ0n) is 16.6. The summed E-state index contributed by atoms with van der Waals surface area (Å²) in [6.07, 6.45) is -2.00. The zero-order valence-corrected chi connectivity index (χ0v) is 16.6. The third-order valence-corrected chi connectivity index (χ3v) is 4.49. The lowest BCUT2D eigenvalue weighted by Crippen LogP contribution is -2.42. The van der Waals surface area contributed by atoms with Crippen LogP contribution in [0.15, 0.2) is 36.5 Å². The molecule has 0 spiro atoms. The summed E-state index contributed by atoms with van der Waals surface area (Å²) < 4.78 is 49.2. The van der Waals surface area contributed by atoms with Crippen molar-refractivity contribution in [3.05, 3.63) is 36.5 Å². The Morgan fingerprint density at radius 3 is 2.38 bits per heavy atom. The number of aromatic nitrogens is 2. The molecule has 2 heterocycles. The molecule has 0 N–H and O–H groups in total. The van der Waals surface area contributed by atoms with Crippen LogP contribution in [0.5, 0.6) is 5.75 Å². The van der Waals surface area contributed by atoms with Gasteiger partial charge < -0.3 is 14.4 Å². The number of hydrogen-bond acceptors (Lipinski definition) is 4. The van der Waals surface area contributed by atoms with Crippen molar-refractivity contribution >= 4 is 6.09 Å². The Morgan fingerprint density at radius 1 is 1.10 bits per heavy atom. The highest BCUT2D eigenvalue weighted by atomic mass is 19.4. The monoisotopic (exact) mass is 411 g/mol. The number of piperidine rings is 1. The maximum absolute atomic E-state index is 12.6. The minimum Gasteiger partial charge on any atom is -0.444 e. The van der Waals surface area contributed by atoms with E-state index in [0.717, 1.165) is 0 Å². The molecule has 1 aliphatic rings. The maximum Gasteiger partial charge on any atom is 0.573 e. The maximum atomic E-state index is 12.6. The highest BCUT2D eigenvalue weighted by Gasteiger charge is 2.32. The van der Waals surface area contributed by atoms with E-state index in [1.165, 1.54) is 12.1 Å². The molecule has 0 atom stereocenters. The fourth-order valence-corrected chi connectivity index (χ4v) is 3.22. The second kappa shape index (κ2) is 7.96. The van der Waals surface area contributed by atoms with Gasteiger partial charge in [0.15, 0.2) is 0 Å².